The van der Waals surface area contributed by atoms with Crippen LogP contribution in [0.15, 0.2) is 36.4 Å². The van der Waals surface area contributed by atoms with Gasteiger partial charge in [0.2, 0.25) is 0 Å². The average molecular weight is 309 g/mol. The number of benzene rings is 2. The molecule has 0 unspecified atom stereocenters. The Balaban J connectivity index is 2.21. The molecule has 0 heterocycles. The molecule has 1 N–H and O–H groups in total. The Hall–Kier alpha value is -2.09. The highest BCUT2D eigenvalue weighted by atomic mass is 35.5. The Labute approximate surface area is 125 Å². The average Bonchev–Trinajstić information content (AvgIpc) is 2.47. The van der Waals surface area contributed by atoms with Crippen molar-refractivity contribution in [2.24, 2.45) is 0 Å². The van der Waals surface area contributed by atoms with Crippen LogP contribution in [0, 0.1) is 23.5 Å². The molecule has 0 radical (unpaired) electrons. The number of hydrogen-bond acceptors (Lipinski definition) is 2. The molecule has 0 spiro atoms. The number of aliphatic hydroxyl groups excluding tert-OH is 1. The third-order valence-electron chi connectivity index (χ3n) is 2.63. The molecule has 0 bridgehead atoms. The monoisotopic (exact) mass is 308 g/mol. The van der Waals surface area contributed by atoms with Crippen molar-refractivity contribution in [3.05, 3.63) is 64.2 Å². The lowest BCUT2D eigenvalue weighted by Crippen LogP contribution is -2.00. The molecule has 0 saturated heterocycles. The van der Waals surface area contributed by atoms with Crippen molar-refractivity contribution in [2.75, 3.05) is 6.61 Å². The minimum Gasteiger partial charge on any atom is -0.487 e. The first-order valence-corrected chi connectivity index (χ1v) is 6.44. The Bertz CT molecular complexity index is 705. The van der Waals surface area contributed by atoms with Crippen molar-refractivity contribution in [1.82, 2.24) is 0 Å². The largest absolute Gasteiger partial charge is 0.487 e. The summed E-state index contributed by atoms with van der Waals surface area (Å²) in [4.78, 5) is 0. The highest BCUT2D eigenvalue weighted by molar-refractivity contribution is 6.30. The molecule has 0 aliphatic carbocycles. The second kappa shape index (κ2) is 7.07. The molecule has 2 aromatic rings. The lowest BCUT2D eigenvalue weighted by atomic mass is 10.2. The summed E-state index contributed by atoms with van der Waals surface area (Å²) in [5, 5.41) is 9.09. The molecule has 0 aromatic heterocycles. The van der Waals surface area contributed by atoms with Crippen LogP contribution in [0.25, 0.3) is 0 Å². The predicted molar refractivity (Wildman–Crippen MR) is 76.1 cm³/mol. The van der Waals surface area contributed by atoms with Crippen LogP contribution in [0.1, 0.15) is 11.1 Å². The van der Waals surface area contributed by atoms with Crippen molar-refractivity contribution in [2.45, 2.75) is 6.61 Å². The topological polar surface area (TPSA) is 29.5 Å². The summed E-state index contributed by atoms with van der Waals surface area (Å²) in [5.74, 6) is 4.38. The van der Waals surface area contributed by atoms with Gasteiger partial charge in [-0.1, -0.05) is 23.4 Å². The summed E-state index contributed by atoms with van der Waals surface area (Å²) in [6.07, 6.45) is 0. The summed E-state index contributed by atoms with van der Waals surface area (Å²) < 4.78 is 32.2. The minimum absolute atomic E-state index is 0.0637. The van der Waals surface area contributed by atoms with Crippen molar-refractivity contribution >= 4 is 11.6 Å². The molecule has 0 amide bonds. The van der Waals surface area contributed by atoms with Gasteiger partial charge in [-0.15, -0.1) is 0 Å². The van der Waals surface area contributed by atoms with Crippen LogP contribution < -0.4 is 4.74 Å². The van der Waals surface area contributed by atoms with Crippen LogP contribution in [-0.4, -0.2) is 11.7 Å². The zero-order chi connectivity index (χ0) is 15.2. The molecule has 108 valence electrons. The van der Waals surface area contributed by atoms with Gasteiger partial charge >= 0.3 is 0 Å². The van der Waals surface area contributed by atoms with E-state index in [4.69, 9.17) is 21.4 Å². The van der Waals surface area contributed by atoms with E-state index < -0.39 is 11.6 Å². The van der Waals surface area contributed by atoms with Crippen molar-refractivity contribution < 1.29 is 18.6 Å². The highest BCUT2D eigenvalue weighted by Crippen LogP contribution is 2.22. The van der Waals surface area contributed by atoms with E-state index in [2.05, 4.69) is 11.8 Å². The van der Waals surface area contributed by atoms with E-state index in [1.165, 1.54) is 36.4 Å². The lowest BCUT2D eigenvalue weighted by molar-refractivity contribution is 0.298. The second-order valence-corrected chi connectivity index (χ2v) is 4.56. The molecule has 2 rings (SSSR count). The summed E-state index contributed by atoms with van der Waals surface area (Å²) >= 11 is 5.80. The van der Waals surface area contributed by atoms with Gasteiger partial charge < -0.3 is 9.84 Å². The summed E-state index contributed by atoms with van der Waals surface area (Å²) in [5.41, 5.74) is 0.569. The fraction of sp³-hybridized carbons (Fsp3) is 0.125. The van der Waals surface area contributed by atoms with E-state index in [-0.39, 0.29) is 24.3 Å². The first kappa shape index (κ1) is 15.3. The fourth-order valence-electron chi connectivity index (χ4n) is 1.67. The van der Waals surface area contributed by atoms with Gasteiger partial charge in [0.1, 0.15) is 30.6 Å². The maximum atomic E-state index is 13.6. The summed E-state index contributed by atoms with van der Waals surface area (Å²) in [7, 11) is 0. The first-order valence-electron chi connectivity index (χ1n) is 6.06. The molecule has 2 aromatic carbocycles. The molecule has 0 aliphatic heterocycles. The number of rotatable bonds is 3. The van der Waals surface area contributed by atoms with Crippen molar-refractivity contribution in [3.8, 4) is 17.6 Å². The molecule has 0 aliphatic rings. The highest BCUT2D eigenvalue weighted by Gasteiger charge is 2.07. The maximum Gasteiger partial charge on any atom is 0.135 e. The number of ether oxygens (including phenoxy) is 1. The van der Waals surface area contributed by atoms with Crippen LogP contribution in [0.4, 0.5) is 8.78 Å². The van der Waals surface area contributed by atoms with E-state index in [1.807, 2.05) is 0 Å². The number of hydrogen-bond donors (Lipinski definition) is 1. The first-order chi connectivity index (χ1) is 10.1. The van der Waals surface area contributed by atoms with Crippen molar-refractivity contribution in [3.63, 3.8) is 0 Å². The van der Waals surface area contributed by atoms with E-state index >= 15 is 0 Å². The zero-order valence-electron chi connectivity index (χ0n) is 10.9. The maximum absolute atomic E-state index is 13.6. The van der Waals surface area contributed by atoms with Gasteiger partial charge in [-0.25, -0.2) is 8.78 Å². The Morgan fingerprint density at radius 2 is 1.95 bits per heavy atom. The fourth-order valence-corrected chi connectivity index (χ4v) is 1.86. The molecule has 5 heteroatoms. The molecule has 2 nitrogen and oxygen atoms in total. The van der Waals surface area contributed by atoms with Gasteiger partial charge in [-0.05, 0) is 36.4 Å². The van der Waals surface area contributed by atoms with Crippen LogP contribution in [0.2, 0.25) is 5.02 Å². The normalized spacial score (nSPS) is 9.90. The molecular formula is C16H11ClF2O2. The van der Waals surface area contributed by atoms with Crippen LogP contribution in [0.3, 0.4) is 0 Å². The van der Waals surface area contributed by atoms with Gasteiger partial charge in [0.15, 0.2) is 0 Å². The molecule has 0 saturated carbocycles. The van der Waals surface area contributed by atoms with Crippen LogP contribution in [0.5, 0.6) is 5.75 Å². The Kier molecular flexibility index (Phi) is 5.15. The zero-order valence-corrected chi connectivity index (χ0v) is 11.6. The Morgan fingerprint density at radius 1 is 1.14 bits per heavy atom. The molecule has 0 atom stereocenters. The minimum atomic E-state index is -0.474. The third kappa shape index (κ3) is 4.19. The van der Waals surface area contributed by atoms with Crippen LogP contribution >= 0.6 is 11.6 Å². The molecule has 0 fully saturated rings. The van der Waals surface area contributed by atoms with Gasteiger partial charge in [-0.3, -0.25) is 0 Å². The second-order valence-electron chi connectivity index (χ2n) is 4.12. The molecular weight excluding hydrogens is 298 g/mol. The van der Waals surface area contributed by atoms with E-state index in [0.717, 1.165) is 0 Å². The van der Waals surface area contributed by atoms with Crippen LogP contribution in [-0.2, 0) is 6.61 Å². The quantitative estimate of drug-likeness (QED) is 0.879. The van der Waals surface area contributed by atoms with E-state index in [0.29, 0.717) is 10.8 Å². The lowest BCUT2D eigenvalue weighted by Gasteiger charge is -2.09. The smallest absolute Gasteiger partial charge is 0.135 e. The van der Waals surface area contributed by atoms with Crippen molar-refractivity contribution in [1.29, 1.82) is 0 Å². The van der Waals surface area contributed by atoms with Gasteiger partial charge in [-0.2, -0.15) is 0 Å². The van der Waals surface area contributed by atoms with Gasteiger partial charge in [0, 0.05) is 10.6 Å². The predicted octanol–water partition coefficient (Wildman–Crippen LogP) is 3.54. The molecule has 21 heavy (non-hydrogen) atoms. The third-order valence-corrected chi connectivity index (χ3v) is 2.87. The SMILES string of the molecule is OCC#Cc1cc(F)ccc1OCc1cc(Cl)ccc1F. The summed E-state index contributed by atoms with van der Waals surface area (Å²) in [6.45, 7) is -0.412. The number of aliphatic hydroxyl groups is 1. The van der Waals surface area contributed by atoms with E-state index in [9.17, 15) is 8.78 Å². The van der Waals surface area contributed by atoms with Gasteiger partial charge in [0.05, 0.1) is 5.56 Å². The van der Waals surface area contributed by atoms with Gasteiger partial charge in [0.25, 0.3) is 0 Å². The Morgan fingerprint density at radius 3 is 2.71 bits per heavy atom. The summed E-state index contributed by atoms with van der Waals surface area (Å²) in [6, 6.07) is 7.95. The van der Waals surface area contributed by atoms with E-state index in [1.54, 1.807) is 0 Å². The standard InChI is InChI=1S/C16H11ClF2O2/c17-13-3-5-15(19)12(8-13)10-21-16-6-4-14(18)9-11(16)2-1-7-20/h3-6,8-9,20H,7,10H2. The number of halogens is 3.